The minimum Gasteiger partial charge on any atom is -0.345 e. The molecule has 2 saturated heterocycles. The number of fused-ring (bicyclic) bond motifs is 2. The fourth-order valence-electron chi connectivity index (χ4n) is 4.62. The van der Waals surface area contributed by atoms with Crippen molar-refractivity contribution in [2.24, 2.45) is 5.92 Å². The number of benzene rings is 1. The van der Waals surface area contributed by atoms with Gasteiger partial charge in [-0.15, -0.1) is 0 Å². The number of carbonyl (C=O) groups is 1. The van der Waals surface area contributed by atoms with Crippen molar-refractivity contribution in [1.82, 2.24) is 29.3 Å². The van der Waals surface area contributed by atoms with Crippen LogP contribution in [0.5, 0.6) is 0 Å². The van der Waals surface area contributed by atoms with Crippen LogP contribution in [-0.4, -0.2) is 75.6 Å². The van der Waals surface area contributed by atoms with Gasteiger partial charge in [0, 0.05) is 37.7 Å². The summed E-state index contributed by atoms with van der Waals surface area (Å²) in [5.41, 5.74) is 1.45. The van der Waals surface area contributed by atoms with Gasteiger partial charge in [-0.1, -0.05) is 5.16 Å². The Labute approximate surface area is 173 Å². The number of nitrogens with zero attached hydrogens (tertiary/aromatic N) is 5. The molecule has 2 fully saturated rings. The van der Waals surface area contributed by atoms with Crippen molar-refractivity contribution in [2.75, 3.05) is 31.9 Å². The topological polar surface area (TPSA) is 125 Å². The number of aromatic amines is 1. The molecule has 0 unspecified atom stereocenters. The van der Waals surface area contributed by atoms with Crippen LogP contribution >= 0.6 is 0 Å². The third-order valence-corrected chi connectivity index (χ3v) is 8.04. The van der Waals surface area contributed by atoms with E-state index in [-0.39, 0.29) is 24.1 Å². The van der Waals surface area contributed by atoms with Gasteiger partial charge in [-0.3, -0.25) is 4.79 Å². The Kier molecular flexibility index (Phi) is 4.23. The summed E-state index contributed by atoms with van der Waals surface area (Å²) in [6.07, 6.45) is 1.59. The van der Waals surface area contributed by atoms with Crippen LogP contribution in [0.1, 0.15) is 29.0 Å². The predicted octanol–water partition coefficient (Wildman–Crippen LogP) is 0.930. The summed E-state index contributed by atoms with van der Waals surface area (Å²) in [7, 11) is -3.36. The Morgan fingerprint density at radius 3 is 2.90 bits per heavy atom. The molecular weight excluding hydrogens is 408 g/mol. The Hall–Kier alpha value is -2.79. The largest absolute Gasteiger partial charge is 0.345 e. The van der Waals surface area contributed by atoms with E-state index in [2.05, 4.69) is 20.1 Å². The molecule has 1 amide bonds. The molecule has 2 aromatic heterocycles. The van der Waals surface area contributed by atoms with Crippen LogP contribution < -0.4 is 0 Å². The molecule has 2 aliphatic heterocycles. The van der Waals surface area contributed by atoms with Crippen LogP contribution in [0.2, 0.25) is 0 Å². The Morgan fingerprint density at radius 2 is 2.17 bits per heavy atom. The molecular formula is C19H22N6O4S. The minimum absolute atomic E-state index is 0.0332. The number of nitrogens with one attached hydrogen (secondary N) is 1. The number of imidazole rings is 1. The van der Waals surface area contributed by atoms with Crippen LogP contribution in [0, 0.1) is 12.8 Å². The summed E-state index contributed by atoms with van der Waals surface area (Å²) in [4.78, 5) is 26.6. The summed E-state index contributed by atoms with van der Waals surface area (Å²) in [5.74, 6) is 0.702. The van der Waals surface area contributed by atoms with Gasteiger partial charge in [0.2, 0.25) is 15.9 Å². The number of aryl methyl sites for hydroxylation is 1. The Balaban J connectivity index is 1.48. The van der Waals surface area contributed by atoms with Gasteiger partial charge in [0.1, 0.15) is 0 Å². The van der Waals surface area contributed by atoms with Crippen molar-refractivity contribution >= 4 is 27.0 Å². The lowest BCUT2D eigenvalue weighted by Crippen LogP contribution is -2.41. The molecule has 30 heavy (non-hydrogen) atoms. The molecule has 4 heterocycles. The number of sulfonamides is 1. The summed E-state index contributed by atoms with van der Waals surface area (Å²) in [5, 5.41) is 3.91. The second-order valence-corrected chi connectivity index (χ2v) is 10.3. The average molecular weight is 430 g/mol. The zero-order chi connectivity index (χ0) is 21.1. The summed E-state index contributed by atoms with van der Waals surface area (Å²) in [6, 6.07) is 5.36. The third kappa shape index (κ3) is 2.83. The number of amides is 1. The number of carbonyl (C=O) groups excluding carboxylic acids is 1. The zero-order valence-electron chi connectivity index (χ0n) is 16.7. The van der Waals surface area contributed by atoms with E-state index in [1.165, 1.54) is 4.31 Å². The van der Waals surface area contributed by atoms with E-state index in [9.17, 15) is 13.2 Å². The summed E-state index contributed by atoms with van der Waals surface area (Å²) in [6.45, 7) is 4.69. The lowest BCUT2D eigenvalue weighted by atomic mass is 9.81. The average Bonchev–Trinajstić information content (AvgIpc) is 3.48. The molecule has 10 nitrogen and oxygen atoms in total. The van der Waals surface area contributed by atoms with Crippen LogP contribution in [0.25, 0.3) is 11.0 Å². The van der Waals surface area contributed by atoms with Crippen molar-refractivity contribution in [1.29, 1.82) is 0 Å². The van der Waals surface area contributed by atoms with E-state index >= 15 is 0 Å². The number of H-pyrrole nitrogens is 1. The highest BCUT2D eigenvalue weighted by molar-refractivity contribution is 7.89. The lowest BCUT2D eigenvalue weighted by molar-refractivity contribution is 0.0773. The number of aromatic nitrogens is 4. The number of hydrogen-bond donors (Lipinski definition) is 1. The molecule has 158 valence electrons. The minimum atomic E-state index is -3.36. The first-order valence-corrected chi connectivity index (χ1v) is 11.4. The van der Waals surface area contributed by atoms with Gasteiger partial charge >= 0.3 is 0 Å². The highest BCUT2D eigenvalue weighted by Gasteiger charge is 2.59. The van der Waals surface area contributed by atoms with E-state index in [1.54, 1.807) is 37.2 Å². The smallest absolute Gasteiger partial charge is 0.253 e. The molecule has 0 spiro atoms. The van der Waals surface area contributed by atoms with E-state index < -0.39 is 15.4 Å². The first-order chi connectivity index (χ1) is 14.3. The van der Waals surface area contributed by atoms with Gasteiger partial charge in [-0.25, -0.2) is 17.7 Å². The van der Waals surface area contributed by atoms with Gasteiger partial charge in [0.15, 0.2) is 5.82 Å². The normalized spacial score (nSPS) is 24.6. The van der Waals surface area contributed by atoms with Crippen molar-refractivity contribution in [3.63, 3.8) is 0 Å². The van der Waals surface area contributed by atoms with Gasteiger partial charge in [-0.2, -0.15) is 4.98 Å². The molecule has 2 atom stereocenters. The molecule has 0 aliphatic carbocycles. The molecule has 0 saturated carbocycles. The highest BCUT2D eigenvalue weighted by Crippen LogP contribution is 2.45. The van der Waals surface area contributed by atoms with Crippen LogP contribution in [0.4, 0.5) is 0 Å². The Morgan fingerprint density at radius 1 is 1.33 bits per heavy atom. The lowest BCUT2D eigenvalue weighted by Gasteiger charge is -2.25. The molecule has 1 aromatic carbocycles. The summed E-state index contributed by atoms with van der Waals surface area (Å²) < 4.78 is 32.0. The maximum Gasteiger partial charge on any atom is 0.253 e. The number of likely N-dealkylation sites (tertiary alicyclic amines) is 1. The quantitative estimate of drug-likeness (QED) is 0.653. The molecule has 0 bridgehead atoms. The van der Waals surface area contributed by atoms with Gasteiger partial charge in [0.25, 0.3) is 5.91 Å². The highest BCUT2D eigenvalue weighted by atomic mass is 32.2. The molecule has 1 N–H and O–H groups in total. The molecule has 0 radical (unpaired) electrons. The van der Waals surface area contributed by atoms with E-state index in [0.29, 0.717) is 36.9 Å². The van der Waals surface area contributed by atoms with E-state index in [0.717, 1.165) is 11.0 Å². The van der Waals surface area contributed by atoms with Gasteiger partial charge in [-0.05, 0) is 32.0 Å². The second-order valence-electron chi connectivity index (χ2n) is 8.01. The van der Waals surface area contributed by atoms with Gasteiger partial charge in [0.05, 0.1) is 28.5 Å². The van der Waals surface area contributed by atoms with Crippen molar-refractivity contribution < 1.29 is 17.7 Å². The van der Waals surface area contributed by atoms with Crippen molar-refractivity contribution in [3.8, 4) is 0 Å². The first kappa shape index (κ1) is 19.2. The van der Waals surface area contributed by atoms with Crippen LogP contribution in [0.3, 0.4) is 0 Å². The third-order valence-electron chi connectivity index (χ3n) is 6.24. The standard InChI is InChI=1S/C19H22N6O4S/c1-3-30(27,28)25-8-14-7-24(9-19(14,10-25)18-22-12(2)23-29-18)17(26)13-4-5-15-16(6-13)21-11-20-15/h4-6,11,14H,3,7-10H2,1-2H3,(H,20,21)/t14-,19-/m0/s1. The van der Waals surface area contributed by atoms with E-state index in [4.69, 9.17) is 4.52 Å². The molecule has 3 aromatic rings. The number of hydrogen-bond acceptors (Lipinski definition) is 7. The first-order valence-electron chi connectivity index (χ1n) is 9.83. The second kappa shape index (κ2) is 6.61. The molecule has 5 rings (SSSR count). The van der Waals surface area contributed by atoms with Crippen molar-refractivity contribution in [3.05, 3.63) is 41.8 Å². The fraction of sp³-hybridized carbons (Fsp3) is 0.474. The monoisotopic (exact) mass is 430 g/mol. The van der Waals surface area contributed by atoms with Crippen molar-refractivity contribution in [2.45, 2.75) is 19.3 Å². The zero-order valence-corrected chi connectivity index (χ0v) is 17.5. The van der Waals surface area contributed by atoms with Crippen LogP contribution in [-0.2, 0) is 15.4 Å². The van der Waals surface area contributed by atoms with Crippen LogP contribution in [0.15, 0.2) is 29.0 Å². The molecule has 2 aliphatic rings. The Bertz CT molecular complexity index is 1230. The number of rotatable bonds is 4. The maximum absolute atomic E-state index is 13.3. The fourth-order valence-corrected chi connectivity index (χ4v) is 5.82. The van der Waals surface area contributed by atoms with E-state index in [1.807, 2.05) is 6.07 Å². The van der Waals surface area contributed by atoms with Gasteiger partial charge < -0.3 is 14.4 Å². The molecule has 11 heteroatoms. The predicted molar refractivity (Wildman–Crippen MR) is 107 cm³/mol. The SMILES string of the molecule is CCS(=O)(=O)N1C[C@@H]2CN(C(=O)c3ccc4nc[nH]c4c3)C[C@]2(c2nc(C)no2)C1. The summed E-state index contributed by atoms with van der Waals surface area (Å²) >= 11 is 0. The maximum atomic E-state index is 13.3.